The van der Waals surface area contributed by atoms with Crippen molar-refractivity contribution in [2.45, 2.75) is 36.9 Å². The molecule has 2 aromatic rings. The van der Waals surface area contributed by atoms with Crippen LogP contribution in [0.4, 0.5) is 11.6 Å². The molecule has 1 saturated carbocycles. The molecule has 0 bridgehead atoms. The number of anilines is 2. The van der Waals surface area contributed by atoms with E-state index in [0.29, 0.717) is 24.3 Å². The number of ether oxygens (including phenoxy) is 1. The van der Waals surface area contributed by atoms with Crippen molar-refractivity contribution in [2.24, 2.45) is 4.99 Å². The summed E-state index contributed by atoms with van der Waals surface area (Å²) in [6.45, 7) is 0.313. The number of para-hydroxylation sites is 1. The lowest BCUT2D eigenvalue weighted by molar-refractivity contribution is -0.0342. The zero-order valence-corrected chi connectivity index (χ0v) is 17.5. The molecule has 0 N–H and O–H groups in total. The van der Waals surface area contributed by atoms with Crippen molar-refractivity contribution in [3.63, 3.8) is 0 Å². The first-order valence-electron chi connectivity index (χ1n) is 10.1. The first-order valence-corrected chi connectivity index (χ1v) is 10.5. The van der Waals surface area contributed by atoms with Crippen LogP contribution in [0.2, 0.25) is 0 Å². The zero-order chi connectivity index (χ0) is 21.2. The van der Waals surface area contributed by atoms with Gasteiger partial charge in [0.1, 0.15) is 12.3 Å². The van der Waals surface area contributed by atoms with E-state index in [4.69, 9.17) is 25.9 Å². The fourth-order valence-electron chi connectivity index (χ4n) is 4.75. The molecule has 0 amide bonds. The number of hydrazine groups is 1. The maximum atomic E-state index is 9.54. The molecule has 0 radical (unpaired) electrons. The molecule has 0 saturated heterocycles. The van der Waals surface area contributed by atoms with Crippen LogP contribution in [0, 0.1) is 11.5 Å². The summed E-state index contributed by atoms with van der Waals surface area (Å²) in [5.41, 5.74) is 0.601. The highest BCUT2D eigenvalue weighted by Crippen LogP contribution is 2.44. The number of amidine groups is 1. The van der Waals surface area contributed by atoms with Gasteiger partial charge in [0.05, 0.1) is 11.9 Å². The second-order valence-electron chi connectivity index (χ2n) is 7.83. The number of alkyl halides is 1. The average molecular weight is 439 g/mol. The van der Waals surface area contributed by atoms with Crippen LogP contribution in [0.15, 0.2) is 45.8 Å². The summed E-state index contributed by atoms with van der Waals surface area (Å²) < 4.78 is 11.4. The summed E-state index contributed by atoms with van der Waals surface area (Å²) in [5.74, 6) is 2.32. The molecule has 1 fully saturated rings. The Kier molecular flexibility index (Phi) is 3.94. The molecule has 1 aromatic carbocycles. The van der Waals surface area contributed by atoms with Gasteiger partial charge in [-0.1, -0.05) is 23.7 Å². The number of halogens is 1. The molecule has 0 spiro atoms. The van der Waals surface area contributed by atoms with E-state index in [9.17, 15) is 5.26 Å². The second kappa shape index (κ2) is 6.60. The molecule has 3 aliphatic heterocycles. The van der Waals surface area contributed by atoms with E-state index < -0.39 is 11.2 Å². The molecule has 4 aliphatic rings. The van der Waals surface area contributed by atoms with Crippen LogP contribution in [0.1, 0.15) is 37.1 Å². The van der Waals surface area contributed by atoms with E-state index >= 15 is 0 Å². The van der Waals surface area contributed by atoms with Crippen LogP contribution < -0.4 is 9.91 Å². The molecular formula is C20H19ClN8O2. The SMILES string of the molecule is COC1(c2nc(N3CN=C4c5ccccc5N5C(=CN(C#N)C5Cl)N43)no2)CCCC1. The van der Waals surface area contributed by atoms with E-state index in [1.54, 1.807) is 13.3 Å². The van der Waals surface area contributed by atoms with Crippen molar-refractivity contribution in [1.82, 2.24) is 20.0 Å². The Balaban J connectivity index is 1.42. The number of fused-ring (bicyclic) bond motifs is 6. The molecular weight excluding hydrogens is 420 g/mol. The van der Waals surface area contributed by atoms with E-state index in [1.807, 2.05) is 39.2 Å². The second-order valence-corrected chi connectivity index (χ2v) is 8.22. The number of benzene rings is 1. The Morgan fingerprint density at radius 1 is 1.29 bits per heavy atom. The van der Waals surface area contributed by atoms with Crippen LogP contribution >= 0.6 is 11.6 Å². The van der Waals surface area contributed by atoms with E-state index in [2.05, 4.69) is 16.3 Å². The van der Waals surface area contributed by atoms with E-state index in [1.165, 1.54) is 4.90 Å². The van der Waals surface area contributed by atoms with Gasteiger partial charge >= 0.3 is 0 Å². The van der Waals surface area contributed by atoms with Gasteiger partial charge < -0.3 is 9.26 Å². The summed E-state index contributed by atoms with van der Waals surface area (Å²) in [6, 6.07) is 7.85. The van der Waals surface area contributed by atoms with Crippen LogP contribution in [-0.2, 0) is 10.3 Å². The third kappa shape index (κ3) is 2.44. The average Bonchev–Trinajstić information content (AvgIpc) is 3.58. The zero-order valence-electron chi connectivity index (χ0n) is 16.8. The number of aromatic nitrogens is 2. The molecule has 10 nitrogen and oxygen atoms in total. The van der Waals surface area contributed by atoms with Crippen molar-refractivity contribution >= 4 is 29.1 Å². The third-order valence-corrected chi connectivity index (χ3v) is 6.72. The summed E-state index contributed by atoms with van der Waals surface area (Å²) >= 11 is 6.62. The largest absolute Gasteiger partial charge is 0.368 e. The highest BCUT2D eigenvalue weighted by molar-refractivity contribution is 6.23. The molecule has 4 heterocycles. The molecule has 11 heteroatoms. The Labute approximate surface area is 183 Å². The van der Waals surface area contributed by atoms with Crippen LogP contribution in [0.25, 0.3) is 0 Å². The molecule has 1 aromatic heterocycles. The number of hydrogen-bond donors (Lipinski definition) is 0. The number of aliphatic imine (C=N–C) groups is 1. The van der Waals surface area contributed by atoms with Crippen molar-refractivity contribution in [1.29, 1.82) is 5.26 Å². The summed E-state index contributed by atoms with van der Waals surface area (Å²) in [5, 5.41) is 17.5. The molecule has 31 heavy (non-hydrogen) atoms. The Hall–Kier alpha value is -3.29. The van der Waals surface area contributed by atoms with Crippen molar-refractivity contribution in [3.8, 4) is 6.19 Å². The minimum absolute atomic E-state index is 0.313. The normalized spacial score (nSPS) is 23.3. The number of methoxy groups -OCH3 is 1. The Morgan fingerprint density at radius 2 is 2.10 bits per heavy atom. The lowest BCUT2D eigenvalue weighted by atomic mass is 10.0. The lowest BCUT2D eigenvalue weighted by Crippen LogP contribution is -2.50. The van der Waals surface area contributed by atoms with Crippen LogP contribution in [-0.4, -0.2) is 45.3 Å². The van der Waals surface area contributed by atoms with Crippen molar-refractivity contribution in [3.05, 3.63) is 47.7 Å². The third-order valence-electron chi connectivity index (χ3n) is 6.32. The molecule has 1 aliphatic carbocycles. The maximum Gasteiger partial charge on any atom is 0.287 e. The van der Waals surface area contributed by atoms with Gasteiger partial charge in [0.2, 0.25) is 0 Å². The summed E-state index contributed by atoms with van der Waals surface area (Å²) in [6.07, 6.45) is 7.66. The first kappa shape index (κ1) is 18.5. The smallest absolute Gasteiger partial charge is 0.287 e. The van der Waals surface area contributed by atoms with Gasteiger partial charge in [-0.25, -0.2) is 19.9 Å². The number of rotatable bonds is 3. The van der Waals surface area contributed by atoms with Gasteiger partial charge in [0, 0.05) is 12.7 Å². The highest BCUT2D eigenvalue weighted by Gasteiger charge is 2.48. The molecule has 1 unspecified atom stereocenters. The van der Waals surface area contributed by atoms with E-state index in [-0.39, 0.29) is 0 Å². The van der Waals surface area contributed by atoms with Crippen LogP contribution in [0.5, 0.6) is 0 Å². The van der Waals surface area contributed by atoms with Gasteiger partial charge in [-0.2, -0.15) is 10.2 Å². The summed E-state index contributed by atoms with van der Waals surface area (Å²) in [7, 11) is 1.69. The Bertz CT molecular complexity index is 1150. The first-order chi connectivity index (χ1) is 15.2. The van der Waals surface area contributed by atoms with Gasteiger partial charge in [0.15, 0.2) is 23.5 Å². The van der Waals surface area contributed by atoms with Gasteiger partial charge in [-0.3, -0.25) is 4.90 Å². The maximum absolute atomic E-state index is 9.54. The predicted octanol–water partition coefficient (Wildman–Crippen LogP) is 2.86. The standard InChI is InChI=1S/C20H19ClN8O2/c1-30-20(8-4-5-9-20)17-24-19(25-31-17)27-12-23-16-13-6-2-3-7-14(13)28-15(29(16)27)10-26(11-22)18(28)21/h2-3,6-7,10,18H,4-5,8-9,12H2,1H3. The van der Waals surface area contributed by atoms with E-state index in [0.717, 1.165) is 42.8 Å². The summed E-state index contributed by atoms with van der Waals surface area (Å²) in [4.78, 5) is 12.7. The van der Waals surface area contributed by atoms with Crippen molar-refractivity contribution in [2.75, 3.05) is 23.7 Å². The highest BCUT2D eigenvalue weighted by atomic mass is 35.5. The number of nitrogens with zero attached hydrogens (tertiary/aromatic N) is 8. The van der Waals surface area contributed by atoms with Gasteiger partial charge in [-0.05, 0) is 43.0 Å². The minimum atomic E-state index is -0.679. The molecule has 158 valence electrons. The van der Waals surface area contributed by atoms with Gasteiger partial charge in [0.25, 0.3) is 11.8 Å². The van der Waals surface area contributed by atoms with Crippen LogP contribution in [0.3, 0.4) is 0 Å². The minimum Gasteiger partial charge on any atom is -0.368 e. The quantitative estimate of drug-likeness (QED) is 0.407. The Morgan fingerprint density at radius 3 is 2.87 bits per heavy atom. The lowest BCUT2D eigenvalue weighted by Gasteiger charge is -2.40. The predicted molar refractivity (Wildman–Crippen MR) is 111 cm³/mol. The van der Waals surface area contributed by atoms with Gasteiger partial charge in [-0.15, -0.1) is 0 Å². The monoisotopic (exact) mass is 438 g/mol. The fourth-order valence-corrected chi connectivity index (χ4v) is 5.05. The topological polar surface area (TPSA) is 97.3 Å². The molecule has 6 rings (SSSR count). The fraction of sp³-hybridized carbons (Fsp3) is 0.400. The van der Waals surface area contributed by atoms with Crippen molar-refractivity contribution < 1.29 is 9.26 Å². The molecule has 1 atom stereocenters. The number of hydrogen-bond acceptors (Lipinski definition) is 10. The number of nitriles is 1.